The summed E-state index contributed by atoms with van der Waals surface area (Å²) in [7, 11) is -3.70. The molecule has 3 N–H and O–H groups in total. The summed E-state index contributed by atoms with van der Waals surface area (Å²) in [6.07, 6.45) is 0.673. The summed E-state index contributed by atoms with van der Waals surface area (Å²) in [6, 6.07) is 4.74. The van der Waals surface area contributed by atoms with Gasteiger partial charge in [-0.2, -0.15) is 0 Å². The van der Waals surface area contributed by atoms with Crippen LogP contribution in [0.1, 0.15) is 12.0 Å². The molecule has 7 nitrogen and oxygen atoms in total. The Morgan fingerprint density at radius 2 is 2.05 bits per heavy atom. The predicted molar refractivity (Wildman–Crippen MR) is 79.1 cm³/mol. The van der Waals surface area contributed by atoms with Crippen molar-refractivity contribution in [1.29, 1.82) is 0 Å². The monoisotopic (exact) mass is 329 g/mol. The van der Waals surface area contributed by atoms with Gasteiger partial charge in [-0.25, -0.2) is 13.1 Å². The number of aliphatic carboxylic acids is 1. The summed E-state index contributed by atoms with van der Waals surface area (Å²) in [4.78, 5) is 11.3. The molecule has 0 aromatic heterocycles. The minimum Gasteiger partial charge on any atom is -0.508 e. The highest BCUT2D eigenvalue weighted by Gasteiger charge is 2.28. The number of phenols is 1. The number of benzene rings is 1. The minimum atomic E-state index is -3.70. The Balaban J connectivity index is 2.01. The minimum absolute atomic E-state index is 0.00993. The molecule has 1 aromatic rings. The van der Waals surface area contributed by atoms with Crippen molar-refractivity contribution in [3.8, 4) is 5.75 Å². The van der Waals surface area contributed by atoms with Gasteiger partial charge >= 0.3 is 5.97 Å². The molecule has 1 aromatic carbocycles. The quantitative estimate of drug-likeness (QED) is 0.665. The van der Waals surface area contributed by atoms with Crippen LogP contribution >= 0.6 is 0 Å². The van der Waals surface area contributed by atoms with Crippen LogP contribution in [0.15, 0.2) is 24.3 Å². The lowest BCUT2D eigenvalue weighted by molar-refractivity contribution is -0.138. The second kappa shape index (κ2) is 7.08. The Labute approximate surface area is 129 Å². The van der Waals surface area contributed by atoms with Gasteiger partial charge in [-0.15, -0.1) is 0 Å². The molecule has 0 spiro atoms. The van der Waals surface area contributed by atoms with E-state index in [1.807, 2.05) is 0 Å². The molecule has 1 aliphatic heterocycles. The number of carboxylic acids is 1. The topological polar surface area (TPSA) is 113 Å². The Morgan fingerprint density at radius 1 is 1.36 bits per heavy atom. The molecule has 2 rings (SSSR count). The number of hydrogen-bond acceptors (Lipinski definition) is 5. The summed E-state index contributed by atoms with van der Waals surface area (Å²) in [5.41, 5.74) is 0.622. The number of nitrogens with one attached hydrogen (secondary N) is 1. The van der Waals surface area contributed by atoms with Crippen LogP contribution in [0.4, 0.5) is 0 Å². The van der Waals surface area contributed by atoms with E-state index in [4.69, 9.17) is 4.74 Å². The molecular formula is C14H19NO6S. The molecule has 122 valence electrons. The van der Waals surface area contributed by atoms with Gasteiger partial charge in [0.15, 0.2) is 0 Å². The third-order valence-corrected chi connectivity index (χ3v) is 5.03. The highest BCUT2D eigenvalue weighted by molar-refractivity contribution is 7.89. The summed E-state index contributed by atoms with van der Waals surface area (Å²) < 4.78 is 31.5. The average Bonchev–Trinajstić information content (AvgIpc) is 2.92. The van der Waals surface area contributed by atoms with Crippen molar-refractivity contribution in [3.63, 3.8) is 0 Å². The lowest BCUT2D eigenvalue weighted by atomic mass is 10.1. The van der Waals surface area contributed by atoms with Gasteiger partial charge in [-0.1, -0.05) is 12.1 Å². The molecule has 1 heterocycles. The zero-order valence-corrected chi connectivity index (χ0v) is 12.8. The molecule has 1 unspecified atom stereocenters. The van der Waals surface area contributed by atoms with Crippen LogP contribution in [0, 0.1) is 5.92 Å². The maximum Gasteiger partial charge on any atom is 0.322 e. The van der Waals surface area contributed by atoms with E-state index in [0.717, 1.165) is 0 Å². The molecule has 1 fully saturated rings. The number of aromatic hydroxyl groups is 1. The van der Waals surface area contributed by atoms with Gasteiger partial charge in [0.2, 0.25) is 10.0 Å². The molecule has 0 saturated carbocycles. The van der Waals surface area contributed by atoms with E-state index in [0.29, 0.717) is 25.2 Å². The van der Waals surface area contributed by atoms with Gasteiger partial charge in [0.1, 0.15) is 11.8 Å². The molecule has 2 atom stereocenters. The Hall–Kier alpha value is -1.64. The van der Waals surface area contributed by atoms with Crippen molar-refractivity contribution < 1.29 is 28.2 Å². The molecule has 22 heavy (non-hydrogen) atoms. The first kappa shape index (κ1) is 16.7. The van der Waals surface area contributed by atoms with Crippen LogP contribution in [-0.2, 0) is 26.0 Å². The van der Waals surface area contributed by atoms with Gasteiger partial charge in [-0.3, -0.25) is 4.79 Å². The molecule has 0 amide bonds. The van der Waals surface area contributed by atoms with Crippen LogP contribution in [0.2, 0.25) is 0 Å². The lowest BCUT2D eigenvalue weighted by Crippen LogP contribution is -2.44. The first-order valence-electron chi connectivity index (χ1n) is 6.94. The molecule has 8 heteroatoms. The Kier molecular flexibility index (Phi) is 5.38. The summed E-state index contributed by atoms with van der Waals surface area (Å²) in [6.45, 7) is 0.923. The number of ether oxygens (including phenoxy) is 1. The summed E-state index contributed by atoms with van der Waals surface area (Å²) in [5, 5.41) is 18.4. The normalized spacial score (nSPS) is 19.9. The zero-order valence-electron chi connectivity index (χ0n) is 11.9. The third kappa shape index (κ3) is 4.97. The molecule has 0 radical (unpaired) electrons. The number of sulfonamides is 1. The maximum absolute atomic E-state index is 12.1. The second-order valence-electron chi connectivity index (χ2n) is 5.39. The van der Waals surface area contributed by atoms with E-state index < -0.39 is 22.0 Å². The van der Waals surface area contributed by atoms with Crippen LogP contribution in [0.5, 0.6) is 5.75 Å². The van der Waals surface area contributed by atoms with E-state index in [2.05, 4.69) is 4.72 Å². The number of rotatable bonds is 7. The SMILES string of the molecule is O=C(O)[C@H](Cc1ccc(O)cc1)NS(=O)(=O)CC1CCOC1. The highest BCUT2D eigenvalue weighted by atomic mass is 32.2. The van der Waals surface area contributed by atoms with E-state index >= 15 is 0 Å². The maximum atomic E-state index is 12.1. The van der Waals surface area contributed by atoms with Crippen molar-refractivity contribution >= 4 is 16.0 Å². The summed E-state index contributed by atoms with van der Waals surface area (Å²) in [5.74, 6) is -1.40. The average molecular weight is 329 g/mol. The Morgan fingerprint density at radius 3 is 2.59 bits per heavy atom. The number of carboxylic acid groups (broad SMARTS) is 1. The highest BCUT2D eigenvalue weighted by Crippen LogP contribution is 2.15. The standard InChI is InChI=1S/C14H19NO6S/c16-12-3-1-10(2-4-12)7-13(14(17)18)15-22(19,20)9-11-5-6-21-8-11/h1-4,11,13,15-16H,5-9H2,(H,17,18)/t11?,13-/m0/s1. The molecular weight excluding hydrogens is 310 g/mol. The van der Waals surface area contributed by atoms with E-state index in [9.17, 15) is 23.4 Å². The molecule has 1 aliphatic rings. The van der Waals surface area contributed by atoms with Gasteiger partial charge < -0.3 is 14.9 Å². The van der Waals surface area contributed by atoms with E-state index in [1.54, 1.807) is 12.1 Å². The third-order valence-electron chi connectivity index (χ3n) is 3.48. The zero-order chi connectivity index (χ0) is 16.2. The lowest BCUT2D eigenvalue weighted by Gasteiger charge is -2.16. The summed E-state index contributed by atoms with van der Waals surface area (Å²) >= 11 is 0. The number of phenolic OH excluding ortho intramolecular Hbond substituents is 1. The van der Waals surface area contributed by atoms with Gasteiger partial charge in [0.25, 0.3) is 0 Å². The molecule has 1 saturated heterocycles. The number of hydrogen-bond donors (Lipinski definition) is 3. The van der Waals surface area contributed by atoms with Crippen molar-refractivity contribution in [2.45, 2.75) is 18.9 Å². The second-order valence-corrected chi connectivity index (χ2v) is 7.19. The van der Waals surface area contributed by atoms with Crippen LogP contribution < -0.4 is 4.72 Å². The molecule has 0 bridgehead atoms. The van der Waals surface area contributed by atoms with Gasteiger partial charge in [0, 0.05) is 6.61 Å². The van der Waals surface area contributed by atoms with Gasteiger partial charge in [0.05, 0.1) is 12.4 Å². The fraction of sp³-hybridized carbons (Fsp3) is 0.500. The number of carbonyl (C=O) groups is 1. The van der Waals surface area contributed by atoms with Gasteiger partial charge in [-0.05, 0) is 36.5 Å². The van der Waals surface area contributed by atoms with E-state index in [-0.39, 0.29) is 23.8 Å². The predicted octanol–water partition coefficient (Wildman–Crippen LogP) is 0.344. The Bertz CT molecular complexity index is 607. The fourth-order valence-corrected chi connectivity index (χ4v) is 3.93. The fourth-order valence-electron chi connectivity index (χ4n) is 2.34. The van der Waals surface area contributed by atoms with Crippen molar-refractivity contribution in [3.05, 3.63) is 29.8 Å². The van der Waals surface area contributed by atoms with Crippen LogP contribution in [0.25, 0.3) is 0 Å². The first-order valence-corrected chi connectivity index (χ1v) is 8.59. The van der Waals surface area contributed by atoms with E-state index in [1.165, 1.54) is 12.1 Å². The first-order chi connectivity index (χ1) is 10.4. The van der Waals surface area contributed by atoms with Crippen LogP contribution in [0.3, 0.4) is 0 Å². The largest absolute Gasteiger partial charge is 0.508 e. The smallest absolute Gasteiger partial charge is 0.322 e. The molecule has 0 aliphatic carbocycles. The van der Waals surface area contributed by atoms with Crippen molar-refractivity contribution in [2.75, 3.05) is 19.0 Å². The van der Waals surface area contributed by atoms with Crippen molar-refractivity contribution in [2.24, 2.45) is 5.92 Å². The van der Waals surface area contributed by atoms with Crippen molar-refractivity contribution in [1.82, 2.24) is 4.72 Å². The van der Waals surface area contributed by atoms with Crippen LogP contribution in [-0.4, -0.2) is 49.6 Å².